The summed E-state index contributed by atoms with van der Waals surface area (Å²) in [5, 5.41) is 3.33. The maximum Gasteiger partial charge on any atom is 0.124 e. The number of fused-ring (bicyclic) bond motifs is 1. The fourth-order valence-electron chi connectivity index (χ4n) is 2.42. The Morgan fingerprint density at radius 3 is 2.95 bits per heavy atom. The highest BCUT2D eigenvalue weighted by Gasteiger charge is 2.22. The third kappa shape index (κ3) is 2.90. The lowest BCUT2D eigenvalue weighted by atomic mass is 10.1. The molecule has 1 atom stereocenters. The highest BCUT2D eigenvalue weighted by Crippen LogP contribution is 2.30. The van der Waals surface area contributed by atoms with Crippen LogP contribution in [-0.4, -0.2) is 12.6 Å². The Hall–Kier alpha value is -1.30. The molecule has 0 bridgehead atoms. The lowest BCUT2D eigenvalue weighted by Crippen LogP contribution is -2.24. The summed E-state index contributed by atoms with van der Waals surface area (Å²) < 4.78 is 19.8. The van der Waals surface area contributed by atoms with Crippen molar-refractivity contribution in [1.82, 2.24) is 0 Å². The van der Waals surface area contributed by atoms with E-state index in [9.17, 15) is 4.39 Å². The van der Waals surface area contributed by atoms with E-state index in [1.54, 1.807) is 6.07 Å². The van der Waals surface area contributed by atoms with Crippen molar-refractivity contribution in [3.63, 3.8) is 0 Å². The van der Waals surface area contributed by atoms with Crippen molar-refractivity contribution in [2.24, 2.45) is 0 Å². The van der Waals surface area contributed by atoms with Crippen LogP contribution >= 0.6 is 22.6 Å². The molecule has 2 aromatic carbocycles. The zero-order valence-electron chi connectivity index (χ0n) is 11.1. The molecule has 0 aliphatic carbocycles. The van der Waals surface area contributed by atoms with Gasteiger partial charge in [0.1, 0.15) is 17.7 Å². The van der Waals surface area contributed by atoms with Gasteiger partial charge in [0.05, 0.1) is 6.54 Å². The molecule has 0 amide bonds. The summed E-state index contributed by atoms with van der Waals surface area (Å²) >= 11 is 2.13. The molecule has 0 radical (unpaired) electrons. The van der Waals surface area contributed by atoms with Crippen molar-refractivity contribution in [3.05, 3.63) is 56.9 Å². The first kappa shape index (κ1) is 13.7. The molecule has 0 saturated heterocycles. The van der Waals surface area contributed by atoms with E-state index in [4.69, 9.17) is 4.74 Å². The summed E-state index contributed by atoms with van der Waals surface area (Å²) in [6.45, 7) is 2.81. The topological polar surface area (TPSA) is 21.3 Å². The Labute approximate surface area is 131 Å². The minimum Gasteiger partial charge on any atom is -0.488 e. The van der Waals surface area contributed by atoms with Gasteiger partial charge in [-0.2, -0.15) is 0 Å². The fourth-order valence-corrected chi connectivity index (χ4v) is 3.09. The Balaban J connectivity index is 1.63. The number of benzene rings is 2. The van der Waals surface area contributed by atoms with E-state index in [0.717, 1.165) is 28.0 Å². The van der Waals surface area contributed by atoms with E-state index < -0.39 is 0 Å². The molecule has 2 aromatic rings. The SMILES string of the molecule is Cc1ccc2c(c1)CC(CNc1ccc(F)cc1I)O2. The van der Waals surface area contributed by atoms with Crippen LogP contribution in [0, 0.1) is 16.3 Å². The lowest BCUT2D eigenvalue weighted by molar-refractivity contribution is 0.246. The standard InChI is InChI=1S/C16H15FINO/c1-10-2-5-16-11(6-10)7-13(20-16)9-19-15-4-3-12(17)8-14(15)18/h2-6,8,13,19H,7,9H2,1H3. The van der Waals surface area contributed by atoms with Gasteiger partial charge in [-0.15, -0.1) is 0 Å². The molecule has 0 spiro atoms. The molecule has 1 N–H and O–H groups in total. The van der Waals surface area contributed by atoms with Crippen LogP contribution in [0.1, 0.15) is 11.1 Å². The summed E-state index contributed by atoms with van der Waals surface area (Å²) in [6.07, 6.45) is 1.05. The number of halogens is 2. The smallest absolute Gasteiger partial charge is 0.124 e. The second-order valence-corrected chi connectivity index (χ2v) is 6.22. The van der Waals surface area contributed by atoms with Crippen LogP contribution in [0.25, 0.3) is 0 Å². The van der Waals surface area contributed by atoms with Crippen molar-refractivity contribution < 1.29 is 9.13 Å². The van der Waals surface area contributed by atoms with Crippen molar-refractivity contribution >= 4 is 28.3 Å². The summed E-state index contributed by atoms with van der Waals surface area (Å²) in [7, 11) is 0. The summed E-state index contributed by atoms with van der Waals surface area (Å²) in [6, 6.07) is 11.0. The number of hydrogen-bond acceptors (Lipinski definition) is 2. The van der Waals surface area contributed by atoms with Crippen molar-refractivity contribution in [2.75, 3.05) is 11.9 Å². The highest BCUT2D eigenvalue weighted by atomic mass is 127. The van der Waals surface area contributed by atoms with Gasteiger partial charge in [0.15, 0.2) is 0 Å². The van der Waals surface area contributed by atoms with E-state index in [1.807, 2.05) is 6.07 Å². The monoisotopic (exact) mass is 383 g/mol. The molecule has 1 heterocycles. The van der Waals surface area contributed by atoms with Crippen LogP contribution in [0.5, 0.6) is 5.75 Å². The molecule has 1 aliphatic rings. The van der Waals surface area contributed by atoms with Gasteiger partial charge in [-0.1, -0.05) is 17.7 Å². The highest BCUT2D eigenvalue weighted by molar-refractivity contribution is 14.1. The van der Waals surface area contributed by atoms with Crippen LogP contribution in [0.3, 0.4) is 0 Å². The third-order valence-electron chi connectivity index (χ3n) is 3.41. The molecule has 3 rings (SSSR count). The average Bonchev–Trinajstić information content (AvgIpc) is 2.79. The van der Waals surface area contributed by atoms with Gasteiger partial charge < -0.3 is 10.1 Å². The Morgan fingerprint density at radius 2 is 2.15 bits per heavy atom. The maximum absolute atomic E-state index is 13.0. The van der Waals surface area contributed by atoms with Crippen LogP contribution in [-0.2, 0) is 6.42 Å². The van der Waals surface area contributed by atoms with Gasteiger partial charge in [-0.05, 0) is 59.3 Å². The van der Waals surface area contributed by atoms with Crippen molar-refractivity contribution in [3.8, 4) is 5.75 Å². The molecule has 2 nitrogen and oxygen atoms in total. The summed E-state index contributed by atoms with van der Waals surface area (Å²) in [5.74, 6) is 0.774. The molecule has 0 fully saturated rings. The number of hydrogen-bond donors (Lipinski definition) is 1. The van der Waals surface area contributed by atoms with E-state index in [1.165, 1.54) is 23.3 Å². The predicted molar refractivity (Wildman–Crippen MR) is 86.9 cm³/mol. The second kappa shape index (κ2) is 5.60. The number of aryl methyl sites for hydroxylation is 1. The van der Waals surface area contributed by atoms with E-state index in [0.29, 0.717) is 0 Å². The summed E-state index contributed by atoms with van der Waals surface area (Å²) in [4.78, 5) is 0. The zero-order valence-corrected chi connectivity index (χ0v) is 13.3. The molecule has 104 valence electrons. The second-order valence-electron chi connectivity index (χ2n) is 5.06. The van der Waals surface area contributed by atoms with E-state index >= 15 is 0 Å². The quantitative estimate of drug-likeness (QED) is 0.804. The molecule has 0 aromatic heterocycles. The predicted octanol–water partition coefficient (Wildman–Crippen LogP) is 4.15. The largest absolute Gasteiger partial charge is 0.488 e. The summed E-state index contributed by atoms with van der Waals surface area (Å²) in [5.41, 5.74) is 3.47. The molecule has 1 unspecified atom stereocenters. The number of nitrogens with one attached hydrogen (secondary N) is 1. The minimum atomic E-state index is -0.208. The minimum absolute atomic E-state index is 0.132. The zero-order chi connectivity index (χ0) is 14.1. The third-order valence-corrected chi connectivity index (χ3v) is 4.30. The number of anilines is 1. The van der Waals surface area contributed by atoms with Crippen LogP contribution in [0.4, 0.5) is 10.1 Å². The molecular weight excluding hydrogens is 368 g/mol. The molecule has 20 heavy (non-hydrogen) atoms. The van der Waals surface area contributed by atoms with Gasteiger partial charge in [0.2, 0.25) is 0 Å². The lowest BCUT2D eigenvalue weighted by Gasteiger charge is -2.14. The maximum atomic E-state index is 13.0. The average molecular weight is 383 g/mol. The van der Waals surface area contributed by atoms with Crippen molar-refractivity contribution in [1.29, 1.82) is 0 Å². The van der Waals surface area contributed by atoms with Gasteiger partial charge >= 0.3 is 0 Å². The first-order chi connectivity index (χ1) is 9.61. The molecule has 0 saturated carbocycles. The Bertz CT molecular complexity index is 644. The van der Waals surface area contributed by atoms with E-state index in [-0.39, 0.29) is 11.9 Å². The molecule has 4 heteroatoms. The van der Waals surface area contributed by atoms with E-state index in [2.05, 4.69) is 47.0 Å². The fraction of sp³-hybridized carbons (Fsp3) is 0.250. The van der Waals surface area contributed by atoms with Gasteiger partial charge in [-0.3, -0.25) is 0 Å². The van der Waals surface area contributed by atoms with Crippen LogP contribution < -0.4 is 10.1 Å². The number of rotatable bonds is 3. The molecular formula is C16H15FINO. The van der Waals surface area contributed by atoms with Gasteiger partial charge in [0, 0.05) is 15.7 Å². The molecule has 1 aliphatic heterocycles. The van der Waals surface area contributed by atoms with Crippen LogP contribution in [0.2, 0.25) is 0 Å². The number of ether oxygens (including phenoxy) is 1. The van der Waals surface area contributed by atoms with Crippen LogP contribution in [0.15, 0.2) is 36.4 Å². The first-order valence-corrected chi connectivity index (χ1v) is 7.65. The van der Waals surface area contributed by atoms with Gasteiger partial charge in [0.25, 0.3) is 0 Å². The Morgan fingerprint density at radius 1 is 1.30 bits per heavy atom. The normalized spacial score (nSPS) is 16.6. The van der Waals surface area contributed by atoms with Crippen molar-refractivity contribution in [2.45, 2.75) is 19.4 Å². The van der Waals surface area contributed by atoms with Gasteiger partial charge in [-0.25, -0.2) is 4.39 Å². The first-order valence-electron chi connectivity index (χ1n) is 6.57. The Kier molecular flexibility index (Phi) is 3.83.